The maximum atomic E-state index is 11.0. The fraction of sp³-hybridized carbons (Fsp3) is 0.444. The van der Waals surface area contributed by atoms with Gasteiger partial charge in [-0.1, -0.05) is 11.3 Å². The Kier molecular flexibility index (Phi) is 2.45. The van der Waals surface area contributed by atoms with E-state index in [1.165, 1.54) is 15.7 Å². The third-order valence-corrected chi connectivity index (χ3v) is 3.44. The summed E-state index contributed by atoms with van der Waals surface area (Å²) < 4.78 is 6.71. The summed E-state index contributed by atoms with van der Waals surface area (Å²) in [5, 5.41) is 15.9. The smallest absolute Gasteiger partial charge is 0.372 e. The summed E-state index contributed by atoms with van der Waals surface area (Å²) in [4.78, 5) is 15.5. The molecule has 1 unspecified atom stereocenters. The molecule has 1 N–H and O–H groups in total. The third kappa shape index (κ3) is 1.75. The molecule has 3 rings (SSSR count). The van der Waals surface area contributed by atoms with Crippen LogP contribution in [0.3, 0.4) is 0 Å². The fourth-order valence-corrected chi connectivity index (χ4v) is 2.60. The van der Waals surface area contributed by atoms with E-state index in [9.17, 15) is 10.1 Å². The lowest BCUT2D eigenvalue weighted by molar-refractivity contribution is -0.389. The molecule has 1 aliphatic rings. The number of ether oxygens (including phenoxy) is 1. The quantitative estimate of drug-likeness (QED) is 0.663. The van der Waals surface area contributed by atoms with Gasteiger partial charge in [0.25, 0.3) is 4.96 Å². The maximum Gasteiger partial charge on any atom is 0.372 e. The van der Waals surface area contributed by atoms with E-state index < -0.39 is 4.92 Å². The van der Waals surface area contributed by atoms with E-state index in [4.69, 9.17) is 4.74 Å². The molecule has 0 saturated carbocycles. The van der Waals surface area contributed by atoms with E-state index in [0.717, 1.165) is 6.42 Å². The van der Waals surface area contributed by atoms with Gasteiger partial charge in [0.2, 0.25) is 5.82 Å². The summed E-state index contributed by atoms with van der Waals surface area (Å²) in [6.45, 7) is 1.26. The highest BCUT2D eigenvalue weighted by Crippen LogP contribution is 2.29. The van der Waals surface area contributed by atoms with Crippen LogP contribution in [0.25, 0.3) is 4.96 Å². The Morgan fingerprint density at radius 1 is 1.71 bits per heavy atom. The molecule has 2 aromatic rings. The molecule has 1 fully saturated rings. The molecule has 17 heavy (non-hydrogen) atoms. The Balaban J connectivity index is 1.99. The number of hydrogen-bond acceptors (Lipinski definition) is 6. The van der Waals surface area contributed by atoms with Crippen LogP contribution in [0.2, 0.25) is 0 Å². The minimum atomic E-state index is -0.412. The summed E-state index contributed by atoms with van der Waals surface area (Å²) in [6, 6.07) is 0.110. The van der Waals surface area contributed by atoms with Crippen LogP contribution in [0.5, 0.6) is 0 Å². The zero-order chi connectivity index (χ0) is 11.8. The van der Waals surface area contributed by atoms with E-state index >= 15 is 0 Å². The van der Waals surface area contributed by atoms with E-state index in [1.54, 1.807) is 11.6 Å². The van der Waals surface area contributed by atoms with Crippen molar-refractivity contribution in [1.82, 2.24) is 9.38 Å². The van der Waals surface area contributed by atoms with Crippen LogP contribution in [0.15, 0.2) is 11.6 Å². The lowest BCUT2D eigenvalue weighted by Gasteiger charge is -2.08. The molecule has 0 amide bonds. The lowest BCUT2D eigenvalue weighted by Crippen LogP contribution is -2.19. The normalized spacial score (nSPS) is 19.9. The van der Waals surface area contributed by atoms with Gasteiger partial charge in [-0.2, -0.15) is 9.38 Å². The Morgan fingerprint density at radius 3 is 3.29 bits per heavy atom. The molecule has 0 spiro atoms. The standard InChI is InChI=1S/C9H10N4O3S/c14-13(15)8-7(10-6-1-3-16-5-6)11-9-12(8)2-4-17-9/h2,4,6,10H,1,3,5H2. The second-order valence-corrected chi connectivity index (χ2v) is 4.67. The monoisotopic (exact) mass is 254 g/mol. The summed E-state index contributed by atoms with van der Waals surface area (Å²) >= 11 is 1.37. The Bertz CT molecular complexity index is 558. The topological polar surface area (TPSA) is 81.7 Å². The van der Waals surface area contributed by atoms with Crippen LogP contribution < -0.4 is 5.32 Å². The number of fused-ring (bicyclic) bond motifs is 1. The minimum absolute atomic E-state index is 0.00634. The van der Waals surface area contributed by atoms with Crippen molar-refractivity contribution in [2.75, 3.05) is 18.5 Å². The number of hydrogen-bond donors (Lipinski definition) is 1. The van der Waals surface area contributed by atoms with Gasteiger partial charge in [-0.3, -0.25) is 0 Å². The van der Waals surface area contributed by atoms with Crippen molar-refractivity contribution in [1.29, 1.82) is 0 Å². The lowest BCUT2D eigenvalue weighted by atomic mass is 10.2. The predicted molar refractivity (Wildman–Crippen MR) is 62.6 cm³/mol. The zero-order valence-corrected chi connectivity index (χ0v) is 9.64. The number of nitrogens with one attached hydrogen (secondary N) is 1. The van der Waals surface area contributed by atoms with Crippen molar-refractivity contribution >= 4 is 27.9 Å². The van der Waals surface area contributed by atoms with E-state index in [1.807, 2.05) is 0 Å². The van der Waals surface area contributed by atoms with Gasteiger partial charge in [-0.05, 0) is 11.3 Å². The van der Waals surface area contributed by atoms with Crippen molar-refractivity contribution in [3.05, 3.63) is 21.7 Å². The predicted octanol–water partition coefficient (Wildman–Crippen LogP) is 1.50. The summed E-state index contributed by atoms with van der Waals surface area (Å²) in [5.74, 6) is 0.325. The van der Waals surface area contributed by atoms with E-state index in [2.05, 4.69) is 10.3 Å². The highest BCUT2D eigenvalue weighted by atomic mass is 32.1. The summed E-state index contributed by atoms with van der Waals surface area (Å²) in [6.07, 6.45) is 2.50. The van der Waals surface area contributed by atoms with Gasteiger partial charge >= 0.3 is 5.82 Å². The average Bonchev–Trinajstić information content (AvgIpc) is 2.92. The largest absolute Gasteiger partial charge is 0.379 e. The van der Waals surface area contributed by atoms with Crippen LogP contribution in [-0.2, 0) is 4.74 Å². The van der Waals surface area contributed by atoms with Crippen molar-refractivity contribution < 1.29 is 9.66 Å². The van der Waals surface area contributed by atoms with Crippen LogP contribution in [0, 0.1) is 10.1 Å². The number of rotatable bonds is 3. The number of thiazole rings is 1. The number of aromatic nitrogens is 2. The number of imidazole rings is 1. The molecule has 3 heterocycles. The van der Waals surface area contributed by atoms with Crippen LogP contribution >= 0.6 is 11.3 Å². The second-order valence-electron chi connectivity index (χ2n) is 3.80. The van der Waals surface area contributed by atoms with Crippen LogP contribution in [-0.4, -0.2) is 33.6 Å². The first-order chi connectivity index (χ1) is 8.25. The summed E-state index contributed by atoms with van der Waals surface area (Å²) in [5.41, 5.74) is 0. The molecule has 1 saturated heterocycles. The first-order valence-electron chi connectivity index (χ1n) is 5.20. The fourth-order valence-electron chi connectivity index (χ4n) is 1.89. The number of nitro groups is 1. The molecule has 1 aliphatic heterocycles. The van der Waals surface area contributed by atoms with Crippen molar-refractivity contribution in [3.63, 3.8) is 0 Å². The molecule has 0 radical (unpaired) electrons. The highest BCUT2D eigenvalue weighted by molar-refractivity contribution is 7.15. The third-order valence-electron chi connectivity index (χ3n) is 2.68. The maximum absolute atomic E-state index is 11.0. The highest BCUT2D eigenvalue weighted by Gasteiger charge is 2.26. The van der Waals surface area contributed by atoms with Gasteiger partial charge in [0.15, 0.2) is 0 Å². The van der Waals surface area contributed by atoms with Crippen molar-refractivity contribution in [2.45, 2.75) is 12.5 Å². The number of nitrogens with zero attached hydrogens (tertiary/aromatic N) is 3. The zero-order valence-electron chi connectivity index (χ0n) is 8.83. The second kappa shape index (κ2) is 3.97. The van der Waals surface area contributed by atoms with Crippen LogP contribution in [0.1, 0.15) is 6.42 Å². The molecular weight excluding hydrogens is 244 g/mol. The average molecular weight is 254 g/mol. The molecule has 0 aliphatic carbocycles. The number of anilines is 1. The van der Waals surface area contributed by atoms with Gasteiger partial charge < -0.3 is 20.2 Å². The van der Waals surface area contributed by atoms with Crippen LogP contribution in [0.4, 0.5) is 11.6 Å². The van der Waals surface area contributed by atoms with E-state index in [-0.39, 0.29) is 11.9 Å². The molecule has 0 bridgehead atoms. The Hall–Kier alpha value is -1.67. The Labute approximate surface area is 100 Å². The SMILES string of the molecule is O=[N+]([O-])c1c(NC2CCOC2)nc2sccn12. The first kappa shape index (κ1) is 10.5. The molecule has 7 nitrogen and oxygen atoms in total. The minimum Gasteiger partial charge on any atom is -0.379 e. The van der Waals surface area contributed by atoms with Gasteiger partial charge in [0, 0.05) is 12.0 Å². The van der Waals surface area contributed by atoms with E-state index in [0.29, 0.717) is 24.0 Å². The van der Waals surface area contributed by atoms with Gasteiger partial charge in [0.05, 0.1) is 12.6 Å². The van der Waals surface area contributed by atoms with Crippen molar-refractivity contribution in [3.8, 4) is 0 Å². The molecule has 8 heteroatoms. The van der Waals surface area contributed by atoms with Gasteiger partial charge in [-0.15, -0.1) is 0 Å². The summed E-state index contributed by atoms with van der Waals surface area (Å²) in [7, 11) is 0. The molecule has 0 aromatic carbocycles. The van der Waals surface area contributed by atoms with Gasteiger partial charge in [0.1, 0.15) is 6.20 Å². The molecule has 2 aromatic heterocycles. The molecule has 90 valence electrons. The molecule has 1 atom stereocenters. The molecular formula is C9H10N4O3S. The van der Waals surface area contributed by atoms with Gasteiger partial charge in [-0.25, -0.2) is 0 Å². The van der Waals surface area contributed by atoms with Crippen molar-refractivity contribution in [2.24, 2.45) is 0 Å². The first-order valence-corrected chi connectivity index (χ1v) is 6.08. The Morgan fingerprint density at radius 2 is 2.59 bits per heavy atom.